The average molecular weight is 166 g/mol. The van der Waals surface area contributed by atoms with E-state index in [1.165, 1.54) is 38.5 Å². The maximum atomic E-state index is 10.2. The summed E-state index contributed by atoms with van der Waals surface area (Å²) >= 11 is 0. The zero-order valence-corrected chi connectivity index (χ0v) is 7.94. The third-order valence-corrected chi connectivity index (χ3v) is 2.83. The second kappa shape index (κ2) is 5.16. The van der Waals surface area contributed by atoms with E-state index in [0.29, 0.717) is 0 Å². The Hall–Kier alpha value is -0.550. The zero-order valence-electron chi connectivity index (χ0n) is 7.94. The second-order valence-electron chi connectivity index (χ2n) is 3.93. The van der Waals surface area contributed by atoms with Gasteiger partial charge in [0.05, 0.1) is 0 Å². The Labute approximate surface area is 74.9 Å². The fourth-order valence-corrected chi connectivity index (χ4v) is 1.95. The number of carbonyl (C=O) groups excluding carboxylic acids is 1. The molecule has 0 atom stereocenters. The van der Waals surface area contributed by atoms with E-state index < -0.39 is 0 Å². The molecule has 0 aromatic carbocycles. The smallest absolute Gasteiger partial charge is 0.123 e. The van der Waals surface area contributed by atoms with Gasteiger partial charge >= 0.3 is 0 Å². The lowest BCUT2D eigenvalue weighted by molar-refractivity contribution is 0.339. The third-order valence-electron chi connectivity index (χ3n) is 2.83. The van der Waals surface area contributed by atoms with Gasteiger partial charge in [0.25, 0.3) is 0 Å². The molecule has 1 aliphatic carbocycles. The molecule has 1 fully saturated rings. The molecule has 0 aromatic heterocycles. The molecule has 12 heavy (non-hydrogen) atoms. The summed E-state index contributed by atoms with van der Waals surface area (Å²) in [7, 11) is 0. The molecule has 0 radical (unpaired) electrons. The molecule has 0 unspecified atom stereocenters. The minimum atomic E-state index is 0.889. The first kappa shape index (κ1) is 9.54. The van der Waals surface area contributed by atoms with E-state index in [9.17, 15) is 4.79 Å². The molecule has 0 N–H and O–H groups in total. The highest BCUT2D eigenvalue weighted by Crippen LogP contribution is 2.27. The van der Waals surface area contributed by atoms with Crippen molar-refractivity contribution >= 4 is 5.94 Å². The Kier molecular flexibility index (Phi) is 4.10. The molecule has 0 bridgehead atoms. The molecule has 1 saturated carbocycles. The summed E-state index contributed by atoms with van der Waals surface area (Å²) in [5.74, 6) is 2.86. The van der Waals surface area contributed by atoms with Crippen LogP contribution in [0.2, 0.25) is 0 Å². The van der Waals surface area contributed by atoms with Gasteiger partial charge in [0.15, 0.2) is 0 Å². The summed E-state index contributed by atoms with van der Waals surface area (Å²) in [4.78, 5) is 10.2. The standard InChI is InChI=1S/C11H18O/c1-10(9-12)7-8-11-5-3-2-4-6-11/h11H,2-8H2,1H3. The fourth-order valence-electron chi connectivity index (χ4n) is 1.95. The highest BCUT2D eigenvalue weighted by atomic mass is 16.1. The van der Waals surface area contributed by atoms with Crippen LogP contribution in [0.4, 0.5) is 0 Å². The second-order valence-corrected chi connectivity index (χ2v) is 3.93. The van der Waals surface area contributed by atoms with Crippen LogP contribution in [0.25, 0.3) is 0 Å². The normalized spacial score (nSPS) is 18.8. The summed E-state index contributed by atoms with van der Waals surface area (Å²) in [6.07, 6.45) is 9.15. The van der Waals surface area contributed by atoms with Gasteiger partial charge in [-0.3, -0.25) is 0 Å². The van der Waals surface area contributed by atoms with E-state index in [1.54, 1.807) is 0 Å². The van der Waals surface area contributed by atoms with Crippen LogP contribution in [-0.4, -0.2) is 5.94 Å². The molecule has 0 spiro atoms. The summed E-state index contributed by atoms with van der Waals surface area (Å²) in [6.45, 7) is 1.88. The van der Waals surface area contributed by atoms with Crippen molar-refractivity contribution in [2.45, 2.75) is 51.9 Å². The molecular weight excluding hydrogens is 148 g/mol. The Morgan fingerprint density at radius 2 is 2.00 bits per heavy atom. The predicted molar refractivity (Wildman–Crippen MR) is 50.7 cm³/mol. The van der Waals surface area contributed by atoms with Crippen molar-refractivity contribution in [2.24, 2.45) is 5.92 Å². The number of allylic oxidation sites excluding steroid dienone is 1. The van der Waals surface area contributed by atoms with Gasteiger partial charge in [-0.2, -0.15) is 0 Å². The minimum Gasteiger partial charge on any atom is -0.234 e. The number of hydrogen-bond acceptors (Lipinski definition) is 1. The predicted octanol–water partition coefficient (Wildman–Crippen LogP) is 3.12. The van der Waals surface area contributed by atoms with E-state index >= 15 is 0 Å². The summed E-state index contributed by atoms with van der Waals surface area (Å²) in [5, 5.41) is 0. The largest absolute Gasteiger partial charge is 0.234 e. The molecule has 1 nitrogen and oxygen atoms in total. The van der Waals surface area contributed by atoms with Crippen molar-refractivity contribution < 1.29 is 4.79 Å². The molecule has 1 heteroatoms. The molecule has 68 valence electrons. The third kappa shape index (κ3) is 3.23. The Bertz CT molecular complexity index is 171. The molecule has 0 aromatic rings. The summed E-state index contributed by atoms with van der Waals surface area (Å²) in [6, 6.07) is 0. The molecule has 0 amide bonds. The van der Waals surface area contributed by atoms with Crippen molar-refractivity contribution in [3.63, 3.8) is 0 Å². The molecule has 1 aliphatic rings. The van der Waals surface area contributed by atoms with Crippen molar-refractivity contribution in [1.82, 2.24) is 0 Å². The highest BCUT2D eigenvalue weighted by molar-refractivity contribution is 5.50. The van der Waals surface area contributed by atoms with E-state index in [-0.39, 0.29) is 0 Å². The lowest BCUT2D eigenvalue weighted by Crippen LogP contribution is -2.05. The lowest BCUT2D eigenvalue weighted by atomic mass is 9.85. The SMILES string of the molecule is CC(=C=O)CCC1CCCCC1. The summed E-state index contributed by atoms with van der Waals surface area (Å²) < 4.78 is 0. The van der Waals surface area contributed by atoms with E-state index in [1.807, 2.05) is 12.9 Å². The molecule has 0 aliphatic heterocycles. The first-order chi connectivity index (χ1) is 5.83. The van der Waals surface area contributed by atoms with Crippen LogP contribution in [0.5, 0.6) is 0 Å². The van der Waals surface area contributed by atoms with Gasteiger partial charge in [-0.1, -0.05) is 32.1 Å². The van der Waals surface area contributed by atoms with Crippen molar-refractivity contribution in [3.05, 3.63) is 5.57 Å². The Balaban J connectivity index is 2.17. The quantitative estimate of drug-likeness (QED) is 0.589. The van der Waals surface area contributed by atoms with Gasteiger partial charge in [-0.05, 0) is 25.7 Å². The van der Waals surface area contributed by atoms with Crippen LogP contribution in [0.15, 0.2) is 5.57 Å². The monoisotopic (exact) mass is 166 g/mol. The Morgan fingerprint density at radius 3 is 2.58 bits per heavy atom. The highest BCUT2D eigenvalue weighted by Gasteiger charge is 2.12. The van der Waals surface area contributed by atoms with Crippen LogP contribution in [0, 0.1) is 5.92 Å². The first-order valence-corrected chi connectivity index (χ1v) is 5.03. The van der Waals surface area contributed by atoms with Gasteiger partial charge in [0.2, 0.25) is 0 Å². The molecular formula is C11H18O. The Morgan fingerprint density at radius 1 is 1.33 bits per heavy atom. The molecule has 0 saturated heterocycles. The van der Waals surface area contributed by atoms with E-state index in [4.69, 9.17) is 0 Å². The van der Waals surface area contributed by atoms with Crippen LogP contribution < -0.4 is 0 Å². The van der Waals surface area contributed by atoms with E-state index in [2.05, 4.69) is 0 Å². The van der Waals surface area contributed by atoms with Gasteiger partial charge in [0.1, 0.15) is 5.94 Å². The van der Waals surface area contributed by atoms with Crippen molar-refractivity contribution in [1.29, 1.82) is 0 Å². The fraction of sp³-hybridized carbons (Fsp3) is 0.818. The first-order valence-electron chi connectivity index (χ1n) is 5.03. The van der Waals surface area contributed by atoms with Gasteiger partial charge < -0.3 is 0 Å². The van der Waals surface area contributed by atoms with Gasteiger partial charge in [-0.15, -0.1) is 0 Å². The van der Waals surface area contributed by atoms with Crippen molar-refractivity contribution in [3.8, 4) is 0 Å². The van der Waals surface area contributed by atoms with Crippen LogP contribution in [0.1, 0.15) is 51.9 Å². The molecule has 1 rings (SSSR count). The number of hydrogen-bond donors (Lipinski definition) is 0. The van der Waals surface area contributed by atoms with Crippen molar-refractivity contribution in [2.75, 3.05) is 0 Å². The van der Waals surface area contributed by atoms with E-state index in [0.717, 1.165) is 17.9 Å². The maximum absolute atomic E-state index is 10.2. The minimum absolute atomic E-state index is 0.889. The van der Waals surface area contributed by atoms with Crippen LogP contribution in [-0.2, 0) is 4.79 Å². The lowest BCUT2D eigenvalue weighted by Gasteiger charge is -2.20. The maximum Gasteiger partial charge on any atom is 0.123 e. The van der Waals surface area contributed by atoms with Crippen LogP contribution >= 0.6 is 0 Å². The topological polar surface area (TPSA) is 17.1 Å². The van der Waals surface area contributed by atoms with Gasteiger partial charge in [0, 0.05) is 5.57 Å². The average Bonchev–Trinajstić information content (AvgIpc) is 2.16. The van der Waals surface area contributed by atoms with Crippen LogP contribution in [0.3, 0.4) is 0 Å². The number of rotatable bonds is 3. The summed E-state index contributed by atoms with van der Waals surface area (Å²) in [5.41, 5.74) is 0.889. The zero-order chi connectivity index (χ0) is 8.81. The van der Waals surface area contributed by atoms with Gasteiger partial charge in [-0.25, -0.2) is 4.79 Å². The molecule has 0 heterocycles.